The zero-order chi connectivity index (χ0) is 41.9. The average Bonchev–Trinajstić information content (AvgIpc) is 3.72. The highest BCUT2D eigenvalue weighted by Gasteiger charge is 2.69. The lowest BCUT2D eigenvalue weighted by Crippen LogP contribution is -2.52. The minimum absolute atomic E-state index is 0.00109. The van der Waals surface area contributed by atoms with Crippen molar-refractivity contribution in [1.82, 2.24) is 0 Å². The highest BCUT2D eigenvalue weighted by atomic mass is 28.4. The van der Waals surface area contributed by atoms with E-state index in [4.69, 9.17) is 27.5 Å². The molecule has 2 heterocycles. The van der Waals surface area contributed by atoms with Crippen LogP contribution >= 0.6 is 0 Å². The molecule has 1 aliphatic rings. The van der Waals surface area contributed by atoms with Crippen LogP contribution in [-0.2, 0) is 47.5 Å². The van der Waals surface area contributed by atoms with E-state index in [0.29, 0.717) is 37.6 Å². The van der Waals surface area contributed by atoms with Gasteiger partial charge in [0.2, 0.25) is 5.60 Å². The summed E-state index contributed by atoms with van der Waals surface area (Å²) in [7, 11) is -4.65. The van der Waals surface area contributed by atoms with Crippen LogP contribution in [-0.4, -0.2) is 52.8 Å². The molecule has 0 bridgehead atoms. The first-order valence-electron chi connectivity index (χ1n) is 21.0. The Morgan fingerprint density at radius 2 is 1.55 bits per heavy atom. The fourth-order valence-corrected chi connectivity index (χ4v) is 9.28. The quantitative estimate of drug-likeness (QED) is 0.0632. The van der Waals surface area contributed by atoms with E-state index in [2.05, 4.69) is 107 Å². The highest BCUT2D eigenvalue weighted by molar-refractivity contribution is 6.74. The summed E-state index contributed by atoms with van der Waals surface area (Å²) in [6.45, 7) is 33.3. The van der Waals surface area contributed by atoms with Gasteiger partial charge in [0, 0.05) is 23.3 Å². The van der Waals surface area contributed by atoms with E-state index >= 15 is 0 Å². The van der Waals surface area contributed by atoms with Crippen molar-refractivity contribution in [2.75, 3.05) is 6.61 Å². The second-order valence-electron chi connectivity index (χ2n) is 19.2. The van der Waals surface area contributed by atoms with Gasteiger partial charge in [-0.05, 0) is 85.6 Å². The second kappa shape index (κ2) is 18.0. The number of esters is 1. The van der Waals surface area contributed by atoms with Crippen molar-refractivity contribution in [3.8, 4) is 5.75 Å². The molecule has 0 radical (unpaired) electrons. The third-order valence-electron chi connectivity index (χ3n) is 12.4. The van der Waals surface area contributed by atoms with Gasteiger partial charge in [0.25, 0.3) is 0 Å². The molecule has 1 saturated heterocycles. The normalized spacial score (nSPS) is 19.0. The van der Waals surface area contributed by atoms with Gasteiger partial charge in [-0.15, -0.1) is 0 Å². The van der Waals surface area contributed by atoms with Crippen molar-refractivity contribution in [3.63, 3.8) is 0 Å². The summed E-state index contributed by atoms with van der Waals surface area (Å²) in [6, 6.07) is 12.4. The molecule has 1 aliphatic heterocycles. The van der Waals surface area contributed by atoms with Crippen molar-refractivity contribution >= 4 is 39.4 Å². The average molecular weight is 809 g/mol. The first kappa shape index (κ1) is 45.9. The van der Waals surface area contributed by atoms with Crippen LogP contribution in [0.1, 0.15) is 130 Å². The molecule has 0 saturated carbocycles. The van der Waals surface area contributed by atoms with E-state index in [0.717, 1.165) is 46.2 Å². The number of epoxide rings is 1. The lowest BCUT2D eigenvalue weighted by Gasteiger charge is -2.40. The van der Waals surface area contributed by atoms with Gasteiger partial charge in [-0.2, -0.15) is 0 Å². The van der Waals surface area contributed by atoms with E-state index in [1.54, 1.807) is 13.2 Å². The summed E-state index contributed by atoms with van der Waals surface area (Å²) >= 11 is 0. The number of benzene rings is 2. The molecule has 4 rings (SSSR count). The standard InChI is InChI=1S/C46H72O8Si2/c1-16-22-34(38(47)27-40(54-56(14,15)45(9,10)11)46(39(17-2)53-46)43(48)49-18-3)36-29-51-42-35(36)26-33(25-31(4)5)41(50-28-32-23-20-19-21-24-32)37(42)30-52-55(12,13)44(6,7)8/h19-21,23-24,26,29,31,34,39-40H,16-18,22,25,27-28,30H2,1-15H3/t34-,39-,40+,46?/m1/s1. The molecule has 1 aromatic heterocycles. The highest BCUT2D eigenvalue weighted by Crippen LogP contribution is 2.50. The molecule has 0 N–H and O–H groups in total. The van der Waals surface area contributed by atoms with Crippen molar-refractivity contribution in [3.05, 3.63) is 64.9 Å². The Morgan fingerprint density at radius 1 is 0.911 bits per heavy atom. The Balaban J connectivity index is 1.87. The number of ketones is 1. The van der Waals surface area contributed by atoms with Crippen LogP contribution in [0.4, 0.5) is 0 Å². The number of rotatable bonds is 20. The van der Waals surface area contributed by atoms with Gasteiger partial charge in [0.15, 0.2) is 16.6 Å². The molecule has 3 aromatic rings. The summed E-state index contributed by atoms with van der Waals surface area (Å²) in [5, 5.41) is 0.760. The van der Waals surface area contributed by atoms with Crippen LogP contribution in [0.2, 0.25) is 36.3 Å². The smallest absolute Gasteiger partial charge is 0.343 e. The molecule has 0 spiro atoms. The topological polar surface area (TPSA) is 96.7 Å². The number of hydrogen-bond donors (Lipinski definition) is 0. The van der Waals surface area contributed by atoms with Crippen LogP contribution in [0.3, 0.4) is 0 Å². The molecule has 312 valence electrons. The molecular weight excluding hydrogens is 737 g/mol. The maximum absolute atomic E-state index is 15.0. The first-order valence-corrected chi connectivity index (χ1v) is 26.8. The molecule has 2 aromatic carbocycles. The van der Waals surface area contributed by atoms with Gasteiger partial charge in [-0.1, -0.05) is 106 Å². The number of furan rings is 1. The largest absolute Gasteiger partial charge is 0.488 e. The van der Waals surface area contributed by atoms with Crippen molar-refractivity contribution in [2.24, 2.45) is 5.92 Å². The Labute approximate surface area is 340 Å². The van der Waals surface area contributed by atoms with E-state index in [-0.39, 0.29) is 35.0 Å². The van der Waals surface area contributed by atoms with Crippen molar-refractivity contribution in [2.45, 2.75) is 181 Å². The maximum Gasteiger partial charge on any atom is 0.343 e. The molecule has 10 heteroatoms. The van der Waals surface area contributed by atoms with Crippen LogP contribution in [0.25, 0.3) is 11.0 Å². The maximum atomic E-state index is 15.0. The predicted molar refractivity (Wildman–Crippen MR) is 231 cm³/mol. The summed E-state index contributed by atoms with van der Waals surface area (Å²) in [5.74, 6) is 0.213. The van der Waals surface area contributed by atoms with E-state index in [9.17, 15) is 9.59 Å². The molecule has 0 aliphatic carbocycles. The van der Waals surface area contributed by atoms with Gasteiger partial charge in [-0.3, -0.25) is 4.79 Å². The number of carbonyl (C=O) groups is 2. The lowest BCUT2D eigenvalue weighted by molar-refractivity contribution is -0.154. The number of Topliss-reactive ketones (excluding diaryl/α,β-unsaturated/α-hetero) is 1. The summed E-state index contributed by atoms with van der Waals surface area (Å²) in [6.07, 6.45) is 3.44. The van der Waals surface area contributed by atoms with Crippen molar-refractivity contribution < 1.29 is 37.1 Å². The minimum Gasteiger partial charge on any atom is -0.488 e. The second-order valence-corrected chi connectivity index (χ2v) is 28.8. The summed E-state index contributed by atoms with van der Waals surface area (Å²) in [4.78, 5) is 28.7. The van der Waals surface area contributed by atoms with Gasteiger partial charge in [-0.25, -0.2) is 4.79 Å². The minimum atomic E-state index is -2.47. The van der Waals surface area contributed by atoms with Crippen LogP contribution in [0.15, 0.2) is 47.1 Å². The van der Waals surface area contributed by atoms with Crippen molar-refractivity contribution in [1.29, 1.82) is 0 Å². The Hall–Kier alpha value is -2.77. The number of ether oxygens (including phenoxy) is 3. The number of hydrogen-bond acceptors (Lipinski definition) is 8. The molecule has 56 heavy (non-hydrogen) atoms. The van der Waals surface area contributed by atoms with E-state index < -0.39 is 40.2 Å². The molecule has 8 nitrogen and oxygen atoms in total. The molecule has 4 atom stereocenters. The fourth-order valence-electron chi connectivity index (χ4n) is 7.01. The van der Waals surface area contributed by atoms with Crippen LogP contribution in [0, 0.1) is 5.92 Å². The third-order valence-corrected chi connectivity index (χ3v) is 21.4. The fraction of sp³-hybridized carbons (Fsp3) is 0.652. The molecule has 0 amide bonds. The molecular formula is C46H72O8Si2. The van der Waals surface area contributed by atoms with Gasteiger partial charge < -0.3 is 27.5 Å². The summed E-state index contributed by atoms with van der Waals surface area (Å²) < 4.78 is 39.1. The first-order chi connectivity index (χ1) is 26.0. The zero-order valence-corrected chi connectivity index (χ0v) is 39.3. The van der Waals surface area contributed by atoms with Gasteiger partial charge >= 0.3 is 5.97 Å². The number of fused-ring (bicyclic) bond motifs is 1. The van der Waals surface area contributed by atoms with Gasteiger partial charge in [0.05, 0.1) is 31.1 Å². The Morgan fingerprint density at radius 3 is 2.09 bits per heavy atom. The summed E-state index contributed by atoms with van der Waals surface area (Å²) in [5.41, 5.74) is 3.25. The molecule has 1 unspecified atom stereocenters. The van der Waals surface area contributed by atoms with Gasteiger partial charge in [0.1, 0.15) is 29.8 Å². The third kappa shape index (κ3) is 10.1. The lowest BCUT2D eigenvalue weighted by atomic mass is 9.84. The van der Waals surface area contributed by atoms with Crippen LogP contribution in [0.5, 0.6) is 5.75 Å². The monoisotopic (exact) mass is 808 g/mol. The zero-order valence-electron chi connectivity index (χ0n) is 37.3. The Bertz CT molecular complexity index is 1780. The predicted octanol–water partition coefficient (Wildman–Crippen LogP) is 12.1. The Kier molecular flexibility index (Phi) is 14.8. The van der Waals surface area contributed by atoms with E-state index in [1.807, 2.05) is 25.1 Å². The van der Waals surface area contributed by atoms with Crippen LogP contribution < -0.4 is 4.74 Å². The molecule has 1 fully saturated rings. The SMILES string of the molecule is CCC[C@@H](C(=O)C[C@H](O[Si](C)(C)C(C)(C)C)C1(C(=O)OCC)O[C@@H]1CC)c1coc2c(CO[Si](C)(C)C(C)(C)C)c(OCc3ccccc3)c(CC(C)C)cc12. The van der Waals surface area contributed by atoms with E-state index in [1.165, 1.54) is 0 Å². The number of carbonyl (C=O) groups excluding carboxylic acids is 2.